The summed E-state index contributed by atoms with van der Waals surface area (Å²) in [5.41, 5.74) is 0. The summed E-state index contributed by atoms with van der Waals surface area (Å²) in [6.45, 7) is 1.12. The molecule has 0 amide bonds. The molecule has 12 heavy (non-hydrogen) atoms. The second-order valence-electron chi connectivity index (χ2n) is 3.76. The minimum Gasteiger partial charge on any atom is -0.434 e. The van der Waals surface area contributed by atoms with Gasteiger partial charge in [0, 0.05) is 0 Å². The van der Waals surface area contributed by atoms with Crippen molar-refractivity contribution in [3.63, 3.8) is 0 Å². The van der Waals surface area contributed by atoms with Gasteiger partial charge in [0.1, 0.15) is 0 Å². The Morgan fingerprint density at radius 1 is 0.917 bits per heavy atom. The van der Waals surface area contributed by atoms with Gasteiger partial charge in [-0.05, 0) is 37.5 Å². The maximum Gasteiger partial charge on any atom is 0.508 e. The molecule has 3 fully saturated rings. The van der Waals surface area contributed by atoms with E-state index in [0.717, 1.165) is 0 Å². The third-order valence-electron chi connectivity index (χ3n) is 2.84. The molecule has 0 aromatic heterocycles. The normalized spacial score (nSPS) is 35.8. The van der Waals surface area contributed by atoms with Crippen molar-refractivity contribution in [2.24, 2.45) is 11.8 Å². The van der Waals surface area contributed by atoms with Gasteiger partial charge in [0.15, 0.2) is 0 Å². The highest BCUT2D eigenvalue weighted by molar-refractivity contribution is 5.59. The predicted molar refractivity (Wildman–Crippen MR) is 42.7 cm³/mol. The predicted octanol–water partition coefficient (Wildman–Crippen LogP) is 1.96. The van der Waals surface area contributed by atoms with E-state index >= 15 is 0 Å². The molecule has 0 aromatic rings. The zero-order valence-corrected chi connectivity index (χ0v) is 7.12. The fraction of sp³-hybridized carbons (Fsp3) is 0.889. The van der Waals surface area contributed by atoms with Crippen LogP contribution in [0.5, 0.6) is 0 Å². The summed E-state index contributed by atoms with van der Waals surface area (Å²) in [7, 11) is 0. The van der Waals surface area contributed by atoms with Crippen molar-refractivity contribution in [2.75, 3.05) is 13.2 Å². The van der Waals surface area contributed by atoms with Gasteiger partial charge < -0.3 is 9.47 Å². The molecule has 0 unspecified atom stereocenters. The third-order valence-corrected chi connectivity index (χ3v) is 2.84. The maximum atomic E-state index is 10.9. The Morgan fingerprint density at radius 2 is 1.33 bits per heavy atom. The maximum absolute atomic E-state index is 10.9. The molecule has 2 bridgehead atoms. The van der Waals surface area contributed by atoms with Crippen LogP contribution in [0.3, 0.4) is 0 Å². The zero-order chi connectivity index (χ0) is 8.39. The average molecular weight is 170 g/mol. The monoisotopic (exact) mass is 170 g/mol. The molecule has 3 nitrogen and oxygen atoms in total. The van der Waals surface area contributed by atoms with Gasteiger partial charge in [-0.1, -0.05) is 0 Å². The van der Waals surface area contributed by atoms with Crippen molar-refractivity contribution in [1.82, 2.24) is 0 Å². The summed E-state index contributed by atoms with van der Waals surface area (Å²) in [6, 6.07) is 0. The molecule has 3 aliphatic rings. The number of carbonyl (C=O) groups excluding carboxylic acids is 1. The van der Waals surface area contributed by atoms with Gasteiger partial charge in [0.2, 0.25) is 0 Å². The Morgan fingerprint density at radius 3 is 1.75 bits per heavy atom. The van der Waals surface area contributed by atoms with Gasteiger partial charge in [-0.15, -0.1) is 0 Å². The fourth-order valence-electron chi connectivity index (χ4n) is 1.98. The van der Waals surface area contributed by atoms with Gasteiger partial charge in [-0.3, -0.25) is 0 Å². The highest BCUT2D eigenvalue weighted by atomic mass is 16.7. The smallest absolute Gasteiger partial charge is 0.434 e. The molecular weight excluding hydrogens is 156 g/mol. The van der Waals surface area contributed by atoms with E-state index in [-0.39, 0.29) is 0 Å². The van der Waals surface area contributed by atoms with E-state index in [1.807, 2.05) is 0 Å². The summed E-state index contributed by atoms with van der Waals surface area (Å²) in [5, 5.41) is 0. The van der Waals surface area contributed by atoms with Crippen LogP contribution in [-0.2, 0) is 9.47 Å². The minimum atomic E-state index is -0.478. The number of rotatable bonds is 0. The Balaban J connectivity index is 1.99. The molecule has 2 aliphatic heterocycles. The first kappa shape index (κ1) is 7.90. The molecule has 1 aliphatic carbocycles. The Hall–Kier alpha value is -0.730. The van der Waals surface area contributed by atoms with Crippen LogP contribution in [0.25, 0.3) is 0 Å². The fourth-order valence-corrected chi connectivity index (χ4v) is 1.98. The van der Waals surface area contributed by atoms with Crippen LogP contribution < -0.4 is 0 Å². The highest BCUT2D eigenvalue weighted by Gasteiger charge is 2.25. The molecule has 0 spiro atoms. The first-order chi connectivity index (χ1) is 5.84. The highest BCUT2D eigenvalue weighted by Crippen LogP contribution is 2.30. The van der Waals surface area contributed by atoms with Crippen LogP contribution in [-0.4, -0.2) is 19.4 Å². The zero-order valence-electron chi connectivity index (χ0n) is 7.12. The van der Waals surface area contributed by atoms with E-state index in [4.69, 9.17) is 9.47 Å². The Labute approximate surface area is 72.0 Å². The molecule has 68 valence electrons. The van der Waals surface area contributed by atoms with E-state index in [9.17, 15) is 4.79 Å². The number of ether oxygens (including phenoxy) is 2. The summed E-state index contributed by atoms with van der Waals surface area (Å²) in [6.07, 6.45) is 4.30. The largest absolute Gasteiger partial charge is 0.508 e. The van der Waals surface area contributed by atoms with Gasteiger partial charge in [-0.2, -0.15) is 0 Å². The van der Waals surface area contributed by atoms with Gasteiger partial charge in [0.05, 0.1) is 13.2 Å². The molecule has 0 aromatic carbocycles. The Bertz CT molecular complexity index is 153. The lowest BCUT2D eigenvalue weighted by Crippen LogP contribution is -2.18. The second kappa shape index (κ2) is 3.33. The van der Waals surface area contributed by atoms with Crippen LogP contribution in [0, 0.1) is 11.8 Å². The van der Waals surface area contributed by atoms with Crippen molar-refractivity contribution in [3.05, 3.63) is 0 Å². The number of fused-ring (bicyclic) bond motifs is 6. The minimum absolute atomic E-state index is 0.478. The lowest BCUT2D eigenvalue weighted by atomic mass is 9.83. The molecular formula is C9H14O3. The quantitative estimate of drug-likeness (QED) is 0.521. The standard InChI is InChI=1S/C9H14O3/c10-9-11-5-7-1-2-8(4-3-7)6-12-9/h7-8H,1-6H2. The summed E-state index contributed by atoms with van der Waals surface area (Å²) in [5.74, 6) is 1.18. The van der Waals surface area contributed by atoms with E-state index < -0.39 is 6.16 Å². The van der Waals surface area contributed by atoms with Crippen molar-refractivity contribution < 1.29 is 14.3 Å². The van der Waals surface area contributed by atoms with Crippen LogP contribution in [0.1, 0.15) is 25.7 Å². The van der Waals surface area contributed by atoms with Crippen LogP contribution in [0.15, 0.2) is 0 Å². The van der Waals surface area contributed by atoms with Crippen LogP contribution in [0.2, 0.25) is 0 Å². The summed E-state index contributed by atoms with van der Waals surface area (Å²) < 4.78 is 9.86. The first-order valence-electron chi connectivity index (χ1n) is 4.64. The number of carbonyl (C=O) groups is 1. The second-order valence-corrected chi connectivity index (χ2v) is 3.76. The van der Waals surface area contributed by atoms with Crippen LogP contribution in [0.4, 0.5) is 4.79 Å². The van der Waals surface area contributed by atoms with Gasteiger partial charge in [-0.25, -0.2) is 4.79 Å². The SMILES string of the molecule is O=C1OCC2CCC(CC2)CO1. The molecule has 3 rings (SSSR count). The summed E-state index contributed by atoms with van der Waals surface area (Å²) in [4.78, 5) is 10.9. The molecule has 3 heteroatoms. The number of hydrogen-bond acceptors (Lipinski definition) is 3. The average Bonchev–Trinajstić information content (AvgIpc) is 2.24. The lowest BCUT2D eigenvalue weighted by Gasteiger charge is -2.24. The van der Waals surface area contributed by atoms with Gasteiger partial charge >= 0.3 is 6.16 Å². The van der Waals surface area contributed by atoms with E-state index in [1.165, 1.54) is 25.7 Å². The van der Waals surface area contributed by atoms with Crippen molar-refractivity contribution >= 4 is 6.16 Å². The van der Waals surface area contributed by atoms with E-state index in [1.54, 1.807) is 0 Å². The number of hydrogen-bond donors (Lipinski definition) is 0. The molecule has 0 radical (unpaired) electrons. The van der Waals surface area contributed by atoms with Crippen LogP contribution >= 0.6 is 0 Å². The van der Waals surface area contributed by atoms with Crippen molar-refractivity contribution in [2.45, 2.75) is 25.7 Å². The van der Waals surface area contributed by atoms with Crippen molar-refractivity contribution in [3.8, 4) is 0 Å². The molecule has 0 N–H and O–H groups in total. The van der Waals surface area contributed by atoms with Gasteiger partial charge in [0.25, 0.3) is 0 Å². The molecule has 1 saturated carbocycles. The first-order valence-corrected chi connectivity index (χ1v) is 4.64. The van der Waals surface area contributed by atoms with E-state index in [2.05, 4.69) is 0 Å². The lowest BCUT2D eigenvalue weighted by molar-refractivity contribution is 0.0490. The van der Waals surface area contributed by atoms with E-state index in [0.29, 0.717) is 25.0 Å². The Kier molecular flexibility index (Phi) is 2.19. The summed E-state index contributed by atoms with van der Waals surface area (Å²) >= 11 is 0. The molecule has 2 heterocycles. The van der Waals surface area contributed by atoms with Crippen molar-refractivity contribution in [1.29, 1.82) is 0 Å². The molecule has 2 saturated heterocycles. The topological polar surface area (TPSA) is 35.5 Å². The third kappa shape index (κ3) is 1.71. The molecule has 0 atom stereocenters.